The molecule has 2 N–H and O–H groups in total. The molecule has 0 unspecified atom stereocenters. The first-order chi connectivity index (χ1) is 14.0. The molecule has 0 aliphatic carbocycles. The van der Waals surface area contributed by atoms with Crippen LogP contribution in [-0.4, -0.2) is 28.2 Å². The fraction of sp³-hybridized carbons (Fsp3) is 0.150. The Labute approximate surface area is 165 Å². The lowest BCUT2D eigenvalue weighted by Gasteiger charge is -2.11. The van der Waals surface area contributed by atoms with Gasteiger partial charge in [0.25, 0.3) is 17.4 Å². The molecule has 3 rings (SSSR count). The maximum atomic E-state index is 12.5. The maximum absolute atomic E-state index is 12.5. The van der Waals surface area contributed by atoms with E-state index in [9.17, 15) is 14.4 Å². The molecule has 0 radical (unpaired) electrons. The zero-order valence-electron chi connectivity index (χ0n) is 15.5. The summed E-state index contributed by atoms with van der Waals surface area (Å²) in [6, 6.07) is 15.1. The van der Waals surface area contributed by atoms with E-state index in [-0.39, 0.29) is 17.0 Å². The van der Waals surface area contributed by atoms with Crippen molar-refractivity contribution < 1.29 is 14.3 Å². The van der Waals surface area contributed by atoms with E-state index in [4.69, 9.17) is 10.00 Å². The Balaban J connectivity index is 1.70. The first-order valence-electron chi connectivity index (χ1n) is 8.76. The number of nitrogens with zero attached hydrogens (tertiary/aromatic N) is 3. The van der Waals surface area contributed by atoms with Crippen molar-refractivity contribution in [1.29, 1.82) is 5.26 Å². The molecule has 2 amide bonds. The van der Waals surface area contributed by atoms with E-state index in [1.807, 2.05) is 6.07 Å². The summed E-state index contributed by atoms with van der Waals surface area (Å²) in [5.41, 5.74) is 4.50. The number of aryl methyl sites for hydroxylation is 1. The minimum atomic E-state index is -0.672. The number of rotatable bonds is 5. The third-order valence-electron chi connectivity index (χ3n) is 4.06. The van der Waals surface area contributed by atoms with E-state index >= 15 is 0 Å². The van der Waals surface area contributed by atoms with Crippen LogP contribution in [0, 0.1) is 11.3 Å². The van der Waals surface area contributed by atoms with Gasteiger partial charge in [0.1, 0.15) is 11.8 Å². The van der Waals surface area contributed by atoms with E-state index in [1.165, 1.54) is 4.68 Å². The van der Waals surface area contributed by atoms with Gasteiger partial charge in [0.05, 0.1) is 10.9 Å². The van der Waals surface area contributed by atoms with Crippen LogP contribution in [0.1, 0.15) is 23.0 Å². The highest BCUT2D eigenvalue weighted by Crippen LogP contribution is 2.16. The monoisotopic (exact) mass is 391 g/mol. The molecule has 9 nitrogen and oxygen atoms in total. The van der Waals surface area contributed by atoms with Crippen LogP contribution in [0.4, 0.5) is 0 Å². The number of benzene rings is 2. The summed E-state index contributed by atoms with van der Waals surface area (Å²) in [5.74, 6) is -1.03. The minimum Gasteiger partial charge on any atom is -0.482 e. The van der Waals surface area contributed by atoms with Crippen LogP contribution in [0.25, 0.3) is 10.8 Å². The second-order valence-corrected chi connectivity index (χ2v) is 5.91. The largest absolute Gasteiger partial charge is 0.482 e. The topological polar surface area (TPSA) is 126 Å². The van der Waals surface area contributed by atoms with Crippen molar-refractivity contribution in [2.75, 3.05) is 6.61 Å². The number of carbonyl (C=O) groups excluding carboxylic acids is 2. The van der Waals surface area contributed by atoms with Gasteiger partial charge in [-0.15, -0.1) is 0 Å². The molecule has 0 spiro atoms. The van der Waals surface area contributed by atoms with Crippen LogP contribution in [0.2, 0.25) is 0 Å². The van der Waals surface area contributed by atoms with Crippen LogP contribution >= 0.6 is 0 Å². The number of aromatic nitrogens is 2. The van der Waals surface area contributed by atoms with E-state index in [1.54, 1.807) is 55.5 Å². The number of fused-ring (bicyclic) bond motifs is 1. The lowest BCUT2D eigenvalue weighted by molar-refractivity contribution is -0.123. The summed E-state index contributed by atoms with van der Waals surface area (Å²) in [6.07, 6.45) is 0. The summed E-state index contributed by atoms with van der Waals surface area (Å²) >= 11 is 0. The standard InChI is InChI=1S/C20H17N5O4/c1-2-25-20(28)15-9-5-4-8-14(15)18(24-25)19(27)23-22-17(26)12-29-16-10-6-3-7-13(16)11-21/h3-10H,2,12H2,1H3,(H,22,26)(H,23,27). The fourth-order valence-electron chi connectivity index (χ4n) is 2.67. The normalized spacial score (nSPS) is 10.2. The molecule has 0 aliphatic rings. The number of para-hydroxylation sites is 1. The Hall–Kier alpha value is -4.19. The summed E-state index contributed by atoms with van der Waals surface area (Å²) < 4.78 is 6.48. The number of hydrogen-bond acceptors (Lipinski definition) is 6. The molecule has 0 saturated carbocycles. The van der Waals surface area contributed by atoms with Gasteiger partial charge in [0.2, 0.25) is 0 Å². The van der Waals surface area contributed by atoms with Crippen molar-refractivity contribution in [2.45, 2.75) is 13.5 Å². The highest BCUT2D eigenvalue weighted by molar-refractivity contribution is 6.05. The predicted octanol–water partition coefficient (Wildman–Crippen LogP) is 1.13. The molecular weight excluding hydrogens is 374 g/mol. The molecular formula is C20H17N5O4. The summed E-state index contributed by atoms with van der Waals surface area (Å²) in [5, 5.41) is 13.8. The molecule has 1 aromatic heterocycles. The molecule has 0 fully saturated rings. The zero-order chi connectivity index (χ0) is 20.8. The van der Waals surface area contributed by atoms with Crippen molar-refractivity contribution in [1.82, 2.24) is 20.6 Å². The Morgan fingerprint density at radius 3 is 2.52 bits per heavy atom. The molecule has 2 aromatic carbocycles. The smallest absolute Gasteiger partial charge is 0.290 e. The number of ether oxygens (including phenoxy) is 1. The van der Waals surface area contributed by atoms with Gasteiger partial charge in [-0.25, -0.2) is 4.68 Å². The van der Waals surface area contributed by atoms with Gasteiger partial charge in [-0.2, -0.15) is 10.4 Å². The third-order valence-corrected chi connectivity index (χ3v) is 4.06. The second kappa shape index (κ2) is 8.67. The van der Waals surface area contributed by atoms with Crippen LogP contribution in [0.5, 0.6) is 5.75 Å². The molecule has 1 heterocycles. The van der Waals surface area contributed by atoms with Gasteiger partial charge < -0.3 is 4.74 Å². The first kappa shape index (κ1) is 19.6. The highest BCUT2D eigenvalue weighted by Gasteiger charge is 2.17. The van der Waals surface area contributed by atoms with Gasteiger partial charge in [0.15, 0.2) is 12.3 Å². The van der Waals surface area contributed by atoms with Crippen molar-refractivity contribution >= 4 is 22.6 Å². The van der Waals surface area contributed by atoms with E-state index in [0.717, 1.165) is 0 Å². The SMILES string of the molecule is CCn1nc(C(=O)NNC(=O)COc2ccccc2C#N)c2ccccc2c1=O. The molecule has 0 atom stereocenters. The van der Waals surface area contributed by atoms with Crippen molar-refractivity contribution in [3.8, 4) is 11.8 Å². The average molecular weight is 391 g/mol. The maximum Gasteiger partial charge on any atom is 0.290 e. The summed E-state index contributed by atoms with van der Waals surface area (Å²) in [4.78, 5) is 36.8. The lowest BCUT2D eigenvalue weighted by atomic mass is 10.1. The Morgan fingerprint density at radius 1 is 1.10 bits per heavy atom. The van der Waals surface area contributed by atoms with Gasteiger partial charge in [-0.05, 0) is 25.1 Å². The van der Waals surface area contributed by atoms with Crippen molar-refractivity contribution in [2.24, 2.45) is 0 Å². The van der Waals surface area contributed by atoms with Gasteiger partial charge in [-0.1, -0.05) is 30.3 Å². The second-order valence-electron chi connectivity index (χ2n) is 5.91. The van der Waals surface area contributed by atoms with Crippen LogP contribution in [0.15, 0.2) is 53.3 Å². The molecule has 0 saturated heterocycles. The molecule has 146 valence electrons. The Morgan fingerprint density at radius 2 is 1.79 bits per heavy atom. The van der Waals surface area contributed by atoms with E-state index in [0.29, 0.717) is 22.9 Å². The van der Waals surface area contributed by atoms with Crippen molar-refractivity contribution in [3.63, 3.8) is 0 Å². The third kappa shape index (κ3) is 4.22. The van der Waals surface area contributed by atoms with Crippen LogP contribution in [-0.2, 0) is 11.3 Å². The zero-order valence-corrected chi connectivity index (χ0v) is 15.5. The van der Waals surface area contributed by atoms with Crippen LogP contribution in [0.3, 0.4) is 0 Å². The number of nitriles is 1. The van der Waals surface area contributed by atoms with E-state index < -0.39 is 18.4 Å². The summed E-state index contributed by atoms with van der Waals surface area (Å²) in [7, 11) is 0. The molecule has 0 bridgehead atoms. The number of hydrazine groups is 1. The first-order valence-corrected chi connectivity index (χ1v) is 8.76. The minimum absolute atomic E-state index is 0.0121. The highest BCUT2D eigenvalue weighted by atomic mass is 16.5. The van der Waals surface area contributed by atoms with Gasteiger partial charge >= 0.3 is 0 Å². The molecule has 3 aromatic rings. The number of amides is 2. The Bertz CT molecular complexity index is 1180. The lowest BCUT2D eigenvalue weighted by Crippen LogP contribution is -2.44. The molecule has 0 aliphatic heterocycles. The average Bonchev–Trinajstić information content (AvgIpc) is 2.76. The number of carbonyl (C=O) groups is 2. The van der Waals surface area contributed by atoms with E-state index in [2.05, 4.69) is 16.0 Å². The quantitative estimate of drug-likeness (QED) is 0.628. The van der Waals surface area contributed by atoms with Gasteiger partial charge in [0, 0.05) is 11.9 Å². The van der Waals surface area contributed by atoms with Crippen molar-refractivity contribution in [3.05, 3.63) is 70.1 Å². The summed E-state index contributed by atoms with van der Waals surface area (Å²) in [6.45, 7) is 1.63. The fourth-order valence-corrected chi connectivity index (χ4v) is 2.67. The number of hydrogen-bond donors (Lipinski definition) is 2. The van der Waals surface area contributed by atoms with Gasteiger partial charge in [-0.3, -0.25) is 25.2 Å². The van der Waals surface area contributed by atoms with Crippen LogP contribution < -0.4 is 21.1 Å². The predicted molar refractivity (Wildman–Crippen MR) is 104 cm³/mol. The molecule has 29 heavy (non-hydrogen) atoms. The molecule has 9 heteroatoms. The Kier molecular flexibility index (Phi) is 5.85. The number of nitrogens with one attached hydrogen (secondary N) is 2.